The van der Waals surface area contributed by atoms with Crippen molar-refractivity contribution in [3.05, 3.63) is 11.8 Å². The van der Waals surface area contributed by atoms with Crippen LogP contribution in [0.1, 0.15) is 13.3 Å². The van der Waals surface area contributed by atoms with E-state index in [-0.39, 0.29) is 5.91 Å². The Hall–Kier alpha value is -0.990. The first-order chi connectivity index (χ1) is 4.20. The fourth-order valence-electron chi connectivity index (χ4n) is 0.343. The summed E-state index contributed by atoms with van der Waals surface area (Å²) in [7, 11) is 1.57. The molecule has 0 fully saturated rings. The van der Waals surface area contributed by atoms with Gasteiger partial charge in [0, 0.05) is 18.8 Å². The smallest absolute Gasteiger partial charge is 0.245 e. The molecule has 0 aromatic heterocycles. The Morgan fingerprint density at radius 2 is 2.33 bits per heavy atom. The van der Waals surface area contributed by atoms with Gasteiger partial charge in [0.15, 0.2) is 0 Å². The van der Waals surface area contributed by atoms with Crippen molar-refractivity contribution in [3.63, 3.8) is 0 Å². The van der Waals surface area contributed by atoms with Crippen LogP contribution in [0, 0.1) is 0 Å². The molecule has 0 aromatic rings. The van der Waals surface area contributed by atoms with Crippen molar-refractivity contribution in [1.29, 1.82) is 0 Å². The Morgan fingerprint density at radius 3 is 2.67 bits per heavy atom. The molecule has 0 atom stereocenters. The van der Waals surface area contributed by atoms with Gasteiger partial charge in [0.1, 0.15) is 0 Å². The molecule has 52 valence electrons. The third-order valence-corrected chi connectivity index (χ3v) is 0.971. The minimum atomic E-state index is -0.144. The molecule has 0 heterocycles. The number of carbonyl (C=O) groups is 1. The highest BCUT2D eigenvalue weighted by atomic mass is 16.1. The Labute approximate surface area is 54.9 Å². The highest BCUT2D eigenvalue weighted by Gasteiger charge is 1.90. The summed E-state index contributed by atoms with van der Waals surface area (Å²) < 4.78 is 0. The van der Waals surface area contributed by atoms with Crippen molar-refractivity contribution in [2.75, 3.05) is 7.05 Å². The van der Waals surface area contributed by atoms with Crippen molar-refractivity contribution in [2.24, 2.45) is 5.73 Å². The van der Waals surface area contributed by atoms with Gasteiger partial charge in [0.25, 0.3) is 0 Å². The number of hydrogen-bond donors (Lipinski definition) is 2. The lowest BCUT2D eigenvalue weighted by Gasteiger charge is -1.93. The van der Waals surface area contributed by atoms with Gasteiger partial charge in [-0.25, -0.2) is 0 Å². The first-order valence-corrected chi connectivity index (χ1v) is 2.88. The standard InChI is InChI=1S/C6H12N2O/c1-3-5(7)4-6(9)8-2/h4H,3,7H2,1-2H3,(H,8,9)/b5-4-. The number of likely N-dealkylation sites (N-methyl/N-ethyl adjacent to an activating group) is 1. The summed E-state index contributed by atoms with van der Waals surface area (Å²) in [6.45, 7) is 1.90. The second-order valence-electron chi connectivity index (χ2n) is 1.69. The van der Waals surface area contributed by atoms with Crippen molar-refractivity contribution < 1.29 is 4.79 Å². The lowest BCUT2D eigenvalue weighted by molar-refractivity contribution is -0.116. The Kier molecular flexibility index (Phi) is 3.51. The van der Waals surface area contributed by atoms with Crippen molar-refractivity contribution in [3.8, 4) is 0 Å². The average Bonchev–Trinajstić information content (AvgIpc) is 1.87. The zero-order chi connectivity index (χ0) is 7.28. The van der Waals surface area contributed by atoms with Crippen LogP contribution in [0.4, 0.5) is 0 Å². The molecule has 0 saturated carbocycles. The Bertz CT molecular complexity index is 129. The number of nitrogens with one attached hydrogen (secondary N) is 1. The normalized spacial score (nSPS) is 11.1. The predicted octanol–water partition coefficient (Wildman–Crippen LogP) is -0.0150. The van der Waals surface area contributed by atoms with Gasteiger partial charge in [0.2, 0.25) is 5.91 Å². The van der Waals surface area contributed by atoms with E-state index in [1.54, 1.807) is 7.05 Å². The van der Waals surface area contributed by atoms with Gasteiger partial charge in [-0.15, -0.1) is 0 Å². The van der Waals surface area contributed by atoms with Gasteiger partial charge >= 0.3 is 0 Å². The van der Waals surface area contributed by atoms with E-state index in [1.165, 1.54) is 6.08 Å². The predicted molar refractivity (Wildman–Crippen MR) is 36.6 cm³/mol. The van der Waals surface area contributed by atoms with Crippen LogP contribution in [0.5, 0.6) is 0 Å². The van der Waals surface area contributed by atoms with Gasteiger partial charge in [-0.05, 0) is 6.42 Å². The van der Waals surface area contributed by atoms with Gasteiger partial charge < -0.3 is 11.1 Å². The fraction of sp³-hybridized carbons (Fsp3) is 0.500. The first-order valence-electron chi connectivity index (χ1n) is 2.88. The van der Waals surface area contributed by atoms with Gasteiger partial charge in [-0.1, -0.05) is 6.92 Å². The minimum absolute atomic E-state index is 0.144. The maximum atomic E-state index is 10.5. The molecule has 3 nitrogen and oxygen atoms in total. The summed E-state index contributed by atoms with van der Waals surface area (Å²) in [5.74, 6) is -0.144. The lowest BCUT2D eigenvalue weighted by atomic mass is 10.3. The molecule has 0 bridgehead atoms. The lowest BCUT2D eigenvalue weighted by Crippen LogP contribution is -2.16. The van der Waals surface area contributed by atoms with Crippen LogP contribution in [0.15, 0.2) is 11.8 Å². The summed E-state index contributed by atoms with van der Waals surface area (Å²) in [6.07, 6.45) is 2.10. The molecule has 0 aliphatic heterocycles. The third kappa shape index (κ3) is 3.58. The molecule has 0 rings (SSSR count). The maximum Gasteiger partial charge on any atom is 0.245 e. The fourth-order valence-corrected chi connectivity index (χ4v) is 0.343. The monoisotopic (exact) mass is 128 g/mol. The molecular weight excluding hydrogens is 116 g/mol. The molecule has 1 amide bonds. The summed E-state index contributed by atoms with van der Waals surface area (Å²) in [6, 6.07) is 0. The molecule has 9 heavy (non-hydrogen) atoms. The summed E-state index contributed by atoms with van der Waals surface area (Å²) >= 11 is 0. The number of amides is 1. The van der Waals surface area contributed by atoms with Crippen molar-refractivity contribution >= 4 is 5.91 Å². The molecule has 0 unspecified atom stereocenters. The zero-order valence-corrected chi connectivity index (χ0v) is 5.77. The number of allylic oxidation sites excluding steroid dienone is 1. The number of rotatable bonds is 2. The van der Waals surface area contributed by atoms with Gasteiger partial charge in [-0.3, -0.25) is 4.79 Å². The molecule has 0 aromatic carbocycles. The average molecular weight is 128 g/mol. The SMILES string of the molecule is CC/C(N)=C/C(=O)NC. The molecule has 0 saturated heterocycles. The van der Waals surface area contributed by atoms with E-state index in [4.69, 9.17) is 5.73 Å². The van der Waals surface area contributed by atoms with E-state index < -0.39 is 0 Å². The van der Waals surface area contributed by atoms with Crippen LogP contribution >= 0.6 is 0 Å². The second kappa shape index (κ2) is 3.95. The summed E-state index contributed by atoms with van der Waals surface area (Å²) in [5.41, 5.74) is 5.96. The van der Waals surface area contributed by atoms with Crippen LogP contribution in [0.25, 0.3) is 0 Å². The van der Waals surface area contributed by atoms with Crippen LogP contribution in [-0.2, 0) is 4.79 Å². The van der Waals surface area contributed by atoms with E-state index >= 15 is 0 Å². The van der Waals surface area contributed by atoms with Crippen molar-refractivity contribution in [1.82, 2.24) is 5.32 Å². The molecule has 0 aliphatic carbocycles. The van der Waals surface area contributed by atoms with Gasteiger partial charge in [0.05, 0.1) is 0 Å². The second-order valence-corrected chi connectivity index (χ2v) is 1.69. The van der Waals surface area contributed by atoms with Crippen LogP contribution in [0.3, 0.4) is 0 Å². The van der Waals surface area contributed by atoms with Crippen LogP contribution in [0.2, 0.25) is 0 Å². The largest absolute Gasteiger partial charge is 0.402 e. The van der Waals surface area contributed by atoms with Crippen LogP contribution < -0.4 is 11.1 Å². The van der Waals surface area contributed by atoms with E-state index in [0.717, 1.165) is 0 Å². The zero-order valence-electron chi connectivity index (χ0n) is 5.77. The Morgan fingerprint density at radius 1 is 1.78 bits per heavy atom. The summed E-state index contributed by atoms with van der Waals surface area (Å²) in [5, 5.41) is 2.43. The van der Waals surface area contributed by atoms with Crippen molar-refractivity contribution in [2.45, 2.75) is 13.3 Å². The molecule has 3 N–H and O–H groups in total. The maximum absolute atomic E-state index is 10.5. The van der Waals surface area contributed by atoms with E-state index in [1.807, 2.05) is 6.92 Å². The molecule has 0 radical (unpaired) electrons. The Balaban J connectivity index is 3.79. The quantitative estimate of drug-likeness (QED) is 0.514. The van der Waals surface area contributed by atoms with E-state index in [0.29, 0.717) is 12.1 Å². The van der Waals surface area contributed by atoms with Crippen LogP contribution in [-0.4, -0.2) is 13.0 Å². The highest BCUT2D eigenvalue weighted by Crippen LogP contribution is 1.87. The summed E-state index contributed by atoms with van der Waals surface area (Å²) in [4.78, 5) is 10.5. The molecular formula is C6H12N2O. The first kappa shape index (κ1) is 8.01. The molecule has 0 aliphatic rings. The molecule has 3 heteroatoms. The molecule has 0 spiro atoms. The topological polar surface area (TPSA) is 55.1 Å². The van der Waals surface area contributed by atoms with E-state index in [2.05, 4.69) is 5.32 Å². The highest BCUT2D eigenvalue weighted by molar-refractivity contribution is 5.87. The number of hydrogen-bond acceptors (Lipinski definition) is 2. The van der Waals surface area contributed by atoms with Gasteiger partial charge in [-0.2, -0.15) is 0 Å². The van der Waals surface area contributed by atoms with E-state index in [9.17, 15) is 4.79 Å². The minimum Gasteiger partial charge on any atom is -0.402 e. The third-order valence-electron chi connectivity index (χ3n) is 0.971. The number of carbonyl (C=O) groups excluding carboxylic acids is 1. The number of nitrogens with two attached hydrogens (primary N) is 1.